The lowest BCUT2D eigenvalue weighted by molar-refractivity contribution is 0.628. The summed E-state index contributed by atoms with van der Waals surface area (Å²) in [4.78, 5) is 0.890. The van der Waals surface area contributed by atoms with E-state index in [1.165, 1.54) is 17.8 Å². The first kappa shape index (κ1) is 13.6. The molecule has 18 heavy (non-hydrogen) atoms. The Balaban J connectivity index is 2.48. The largest absolute Gasteiger partial charge is 0.332 e. The van der Waals surface area contributed by atoms with Crippen LogP contribution >= 0.6 is 36.2 Å². The van der Waals surface area contributed by atoms with E-state index in [9.17, 15) is 4.39 Å². The number of thiol groups is 1. The van der Waals surface area contributed by atoms with Crippen molar-refractivity contribution in [3.8, 4) is 11.1 Å². The van der Waals surface area contributed by atoms with Gasteiger partial charge >= 0.3 is 0 Å². The van der Waals surface area contributed by atoms with Gasteiger partial charge in [-0.2, -0.15) is 0 Å². The Morgan fingerprint density at radius 2 is 1.89 bits per heavy atom. The zero-order chi connectivity index (χ0) is 13.1. The summed E-state index contributed by atoms with van der Waals surface area (Å²) in [6, 6.07) is 10.4. The van der Waals surface area contributed by atoms with Gasteiger partial charge in [0.25, 0.3) is 0 Å². The predicted octanol–water partition coefficient (Wildman–Crippen LogP) is 5.12. The van der Waals surface area contributed by atoms with Gasteiger partial charge in [-0.15, -0.1) is 11.8 Å². The number of hydrogen-bond acceptors (Lipinski definition) is 3. The lowest BCUT2D eigenvalue weighted by atomic mass is 10.0. The molecule has 0 radical (unpaired) electrons. The van der Waals surface area contributed by atoms with Crippen molar-refractivity contribution in [2.24, 2.45) is 0 Å². The Hall–Kier alpha value is -0.840. The third kappa shape index (κ3) is 2.76. The highest BCUT2D eigenvalue weighted by Gasteiger charge is 2.10. The van der Waals surface area contributed by atoms with Gasteiger partial charge in [0.1, 0.15) is 5.82 Å². The molecular formula is C13H11ClFNS2. The molecule has 1 nitrogen and oxygen atoms in total. The molecule has 2 rings (SSSR count). The molecule has 94 valence electrons. The quantitative estimate of drug-likeness (QED) is 0.602. The fraction of sp³-hybridized carbons (Fsp3) is 0.0769. The van der Waals surface area contributed by atoms with Crippen LogP contribution in [-0.4, -0.2) is 6.26 Å². The van der Waals surface area contributed by atoms with Crippen LogP contribution in [0, 0.1) is 5.82 Å². The Morgan fingerprint density at radius 3 is 2.44 bits per heavy atom. The van der Waals surface area contributed by atoms with Gasteiger partial charge in [-0.05, 0) is 30.5 Å². The van der Waals surface area contributed by atoms with Crippen LogP contribution in [0.25, 0.3) is 11.1 Å². The van der Waals surface area contributed by atoms with Crippen molar-refractivity contribution >= 4 is 41.9 Å². The Kier molecular flexibility index (Phi) is 4.43. The Bertz CT molecular complexity index is 523. The maximum Gasteiger partial charge on any atom is 0.132 e. The number of benzene rings is 2. The molecule has 0 heterocycles. The van der Waals surface area contributed by atoms with Crippen molar-refractivity contribution in [3.05, 3.63) is 47.2 Å². The van der Waals surface area contributed by atoms with Crippen LogP contribution in [0.5, 0.6) is 0 Å². The molecule has 2 aromatic carbocycles. The van der Waals surface area contributed by atoms with Crippen LogP contribution in [0.1, 0.15) is 0 Å². The van der Waals surface area contributed by atoms with Crippen molar-refractivity contribution < 1.29 is 4.39 Å². The molecule has 0 aliphatic rings. The van der Waals surface area contributed by atoms with E-state index in [0.29, 0.717) is 16.1 Å². The summed E-state index contributed by atoms with van der Waals surface area (Å²) in [7, 11) is 0. The van der Waals surface area contributed by atoms with Crippen LogP contribution < -0.4 is 4.72 Å². The molecule has 0 aromatic heterocycles. The topological polar surface area (TPSA) is 12.0 Å². The van der Waals surface area contributed by atoms with Crippen molar-refractivity contribution in [1.29, 1.82) is 0 Å². The molecule has 2 aromatic rings. The van der Waals surface area contributed by atoms with Gasteiger partial charge in [-0.25, -0.2) is 4.39 Å². The molecule has 1 N–H and O–H groups in total. The first-order valence-electron chi connectivity index (χ1n) is 5.19. The van der Waals surface area contributed by atoms with E-state index in [2.05, 4.69) is 17.5 Å². The standard InChI is InChI=1S/C13H11ClFNS2/c1-18-9-3-5-11(13(15)7-9)10-4-2-8(16-17)6-12(10)14/h2-7,16-17H,1H3. The molecule has 0 aliphatic heterocycles. The lowest BCUT2D eigenvalue weighted by Gasteiger charge is -2.09. The molecular weight excluding hydrogens is 289 g/mol. The third-order valence-corrected chi connectivity index (χ3v) is 3.86. The van der Waals surface area contributed by atoms with E-state index in [1.54, 1.807) is 24.3 Å². The van der Waals surface area contributed by atoms with Crippen LogP contribution in [0.3, 0.4) is 0 Å². The first-order valence-corrected chi connectivity index (χ1v) is 7.24. The number of thioether (sulfide) groups is 1. The van der Waals surface area contributed by atoms with Crippen LogP contribution in [0.4, 0.5) is 10.1 Å². The zero-order valence-electron chi connectivity index (χ0n) is 9.58. The summed E-state index contributed by atoms with van der Waals surface area (Å²) >= 11 is 11.6. The van der Waals surface area contributed by atoms with Gasteiger partial charge in [-0.3, -0.25) is 0 Å². The second-order valence-electron chi connectivity index (χ2n) is 3.65. The molecule has 0 bridgehead atoms. The molecule has 0 fully saturated rings. The van der Waals surface area contributed by atoms with Crippen LogP contribution in [0.2, 0.25) is 5.02 Å². The molecule has 0 aliphatic carbocycles. The molecule has 0 unspecified atom stereocenters. The highest BCUT2D eigenvalue weighted by molar-refractivity contribution is 7.98. The van der Waals surface area contributed by atoms with Crippen LogP contribution in [0.15, 0.2) is 41.3 Å². The lowest BCUT2D eigenvalue weighted by Crippen LogP contribution is -1.88. The summed E-state index contributed by atoms with van der Waals surface area (Å²) in [5.41, 5.74) is 1.95. The van der Waals surface area contributed by atoms with Gasteiger partial charge in [0.2, 0.25) is 0 Å². The average molecular weight is 300 g/mol. The summed E-state index contributed by atoms with van der Waals surface area (Å²) < 4.78 is 16.7. The molecule has 0 saturated carbocycles. The van der Waals surface area contributed by atoms with Gasteiger partial charge in [0.15, 0.2) is 0 Å². The maximum atomic E-state index is 14.0. The number of nitrogens with one attached hydrogen (secondary N) is 1. The number of rotatable bonds is 3. The van der Waals surface area contributed by atoms with Gasteiger partial charge in [0.05, 0.1) is 5.02 Å². The number of anilines is 1. The Morgan fingerprint density at radius 1 is 1.17 bits per heavy atom. The second-order valence-corrected chi connectivity index (χ2v) is 5.16. The summed E-state index contributed by atoms with van der Waals surface area (Å²) in [6.07, 6.45) is 1.91. The maximum absolute atomic E-state index is 14.0. The first-order chi connectivity index (χ1) is 8.65. The SMILES string of the molecule is CSc1ccc(-c2ccc(NS)cc2Cl)c(F)c1. The predicted molar refractivity (Wildman–Crippen MR) is 81.2 cm³/mol. The van der Waals surface area contributed by atoms with E-state index in [4.69, 9.17) is 11.6 Å². The van der Waals surface area contributed by atoms with Crippen molar-refractivity contribution in [1.82, 2.24) is 0 Å². The highest BCUT2D eigenvalue weighted by Crippen LogP contribution is 2.33. The molecule has 5 heteroatoms. The van der Waals surface area contributed by atoms with Gasteiger partial charge in [-0.1, -0.05) is 36.5 Å². The summed E-state index contributed by atoms with van der Waals surface area (Å²) in [5.74, 6) is -0.268. The molecule has 0 spiro atoms. The molecule has 0 atom stereocenters. The average Bonchev–Trinajstić information content (AvgIpc) is 2.39. The Labute approximate surface area is 120 Å². The molecule has 0 amide bonds. The summed E-state index contributed by atoms with van der Waals surface area (Å²) in [6.45, 7) is 0. The van der Waals surface area contributed by atoms with E-state index in [-0.39, 0.29) is 5.82 Å². The van der Waals surface area contributed by atoms with Crippen molar-refractivity contribution in [2.45, 2.75) is 4.90 Å². The van der Waals surface area contributed by atoms with E-state index < -0.39 is 0 Å². The summed E-state index contributed by atoms with van der Waals surface area (Å²) in [5, 5.41) is 0.491. The monoisotopic (exact) mass is 299 g/mol. The third-order valence-electron chi connectivity index (χ3n) is 2.56. The fourth-order valence-electron chi connectivity index (χ4n) is 1.64. The highest BCUT2D eigenvalue weighted by atomic mass is 35.5. The van der Waals surface area contributed by atoms with Gasteiger partial charge < -0.3 is 4.72 Å². The number of halogens is 2. The normalized spacial score (nSPS) is 10.4. The number of hydrogen-bond donors (Lipinski definition) is 2. The van der Waals surface area contributed by atoms with E-state index >= 15 is 0 Å². The van der Waals surface area contributed by atoms with Crippen LogP contribution in [-0.2, 0) is 0 Å². The minimum atomic E-state index is -0.268. The minimum absolute atomic E-state index is 0.268. The molecule has 0 saturated heterocycles. The van der Waals surface area contributed by atoms with Crippen molar-refractivity contribution in [2.75, 3.05) is 11.0 Å². The van der Waals surface area contributed by atoms with E-state index in [0.717, 1.165) is 10.6 Å². The van der Waals surface area contributed by atoms with Gasteiger partial charge in [0, 0.05) is 21.7 Å². The fourth-order valence-corrected chi connectivity index (χ4v) is 2.49. The second kappa shape index (κ2) is 5.87. The zero-order valence-corrected chi connectivity index (χ0v) is 12.0. The smallest absolute Gasteiger partial charge is 0.132 e. The minimum Gasteiger partial charge on any atom is -0.332 e. The van der Waals surface area contributed by atoms with Crippen molar-refractivity contribution in [3.63, 3.8) is 0 Å². The van der Waals surface area contributed by atoms with E-state index in [1.807, 2.05) is 12.3 Å².